The minimum atomic E-state index is -0.459. The number of hydrogen-bond donors (Lipinski definition) is 0. The molecule has 4 nitrogen and oxygen atoms in total. The molecule has 0 fully saturated rings. The van der Waals surface area contributed by atoms with Crippen molar-refractivity contribution >= 4 is 17.3 Å². The first-order valence-electron chi connectivity index (χ1n) is 6.10. The van der Waals surface area contributed by atoms with Gasteiger partial charge in [0.1, 0.15) is 5.75 Å². The van der Waals surface area contributed by atoms with E-state index in [1.54, 1.807) is 12.1 Å². The number of halogens is 1. The summed E-state index contributed by atoms with van der Waals surface area (Å²) in [7, 11) is 0. The fourth-order valence-electron chi connectivity index (χ4n) is 1.95. The Balaban J connectivity index is 2.46. The second-order valence-corrected chi connectivity index (χ2v) is 4.78. The van der Waals surface area contributed by atoms with Crippen LogP contribution in [-0.4, -0.2) is 4.92 Å². The van der Waals surface area contributed by atoms with Crippen LogP contribution in [0.25, 0.3) is 0 Å². The van der Waals surface area contributed by atoms with Crippen LogP contribution in [0, 0.1) is 24.0 Å². The summed E-state index contributed by atoms with van der Waals surface area (Å²) in [6.07, 6.45) is 0. The van der Waals surface area contributed by atoms with Gasteiger partial charge in [-0.15, -0.1) is 11.6 Å². The molecule has 0 amide bonds. The molecule has 2 rings (SSSR count). The molecule has 2 aromatic rings. The number of para-hydroxylation sites is 1. The van der Waals surface area contributed by atoms with Gasteiger partial charge in [0.15, 0.2) is 0 Å². The summed E-state index contributed by atoms with van der Waals surface area (Å²) < 4.78 is 5.75. The Morgan fingerprint density at radius 3 is 2.40 bits per heavy atom. The highest BCUT2D eigenvalue weighted by Crippen LogP contribution is 2.35. The second kappa shape index (κ2) is 5.92. The number of hydrogen-bond acceptors (Lipinski definition) is 3. The number of nitrogens with zero attached hydrogens (tertiary/aromatic N) is 1. The van der Waals surface area contributed by atoms with Gasteiger partial charge in [-0.2, -0.15) is 0 Å². The smallest absolute Gasteiger partial charge is 0.311 e. The zero-order valence-corrected chi connectivity index (χ0v) is 12.0. The molecule has 104 valence electrons. The van der Waals surface area contributed by atoms with Crippen LogP contribution >= 0.6 is 11.6 Å². The quantitative estimate of drug-likeness (QED) is 0.464. The maximum atomic E-state index is 11.1. The molecule has 0 saturated carbocycles. The van der Waals surface area contributed by atoms with Gasteiger partial charge >= 0.3 is 5.69 Å². The minimum Gasteiger partial charge on any atom is -0.450 e. The lowest BCUT2D eigenvalue weighted by atomic mass is 10.1. The Morgan fingerprint density at radius 1 is 1.20 bits per heavy atom. The lowest BCUT2D eigenvalue weighted by Crippen LogP contribution is -1.97. The van der Waals surface area contributed by atoms with Gasteiger partial charge in [0.2, 0.25) is 5.75 Å². The molecule has 2 aromatic carbocycles. The molecule has 5 heteroatoms. The summed E-state index contributed by atoms with van der Waals surface area (Å²) in [4.78, 5) is 10.7. The Kier molecular flexibility index (Phi) is 4.25. The van der Waals surface area contributed by atoms with Crippen LogP contribution in [-0.2, 0) is 5.88 Å². The molecular weight excluding hydrogens is 278 g/mol. The zero-order chi connectivity index (χ0) is 14.7. The van der Waals surface area contributed by atoms with E-state index in [2.05, 4.69) is 0 Å². The molecule has 0 bridgehead atoms. The predicted molar refractivity (Wildman–Crippen MR) is 78.6 cm³/mol. The highest BCUT2D eigenvalue weighted by Gasteiger charge is 2.18. The third kappa shape index (κ3) is 2.91. The van der Waals surface area contributed by atoms with E-state index in [1.165, 1.54) is 6.07 Å². The molecule has 0 heterocycles. The lowest BCUT2D eigenvalue weighted by Gasteiger charge is -2.12. The minimum absolute atomic E-state index is 0.0780. The monoisotopic (exact) mass is 291 g/mol. The summed E-state index contributed by atoms with van der Waals surface area (Å²) in [6, 6.07) is 10.5. The van der Waals surface area contributed by atoms with Crippen LogP contribution in [0.3, 0.4) is 0 Å². The Morgan fingerprint density at radius 2 is 1.85 bits per heavy atom. The van der Waals surface area contributed by atoms with E-state index in [0.717, 1.165) is 11.1 Å². The highest BCUT2D eigenvalue weighted by atomic mass is 35.5. The van der Waals surface area contributed by atoms with Gasteiger partial charge in [0.05, 0.1) is 4.92 Å². The van der Waals surface area contributed by atoms with E-state index in [1.807, 2.05) is 32.0 Å². The molecule has 0 atom stereocenters. The normalized spacial score (nSPS) is 10.3. The van der Waals surface area contributed by atoms with Crippen LogP contribution in [0.4, 0.5) is 5.69 Å². The van der Waals surface area contributed by atoms with E-state index in [-0.39, 0.29) is 17.3 Å². The molecule has 0 N–H and O–H groups in total. The Bertz CT molecular complexity index is 635. The molecule has 0 aliphatic heterocycles. The Hall–Kier alpha value is -2.07. The topological polar surface area (TPSA) is 52.4 Å². The number of rotatable bonds is 4. The largest absolute Gasteiger partial charge is 0.450 e. The first kappa shape index (κ1) is 14.3. The number of aryl methyl sites for hydroxylation is 2. The van der Waals surface area contributed by atoms with Crippen molar-refractivity contribution in [3.63, 3.8) is 0 Å². The van der Waals surface area contributed by atoms with E-state index in [4.69, 9.17) is 16.3 Å². The number of benzene rings is 2. The maximum Gasteiger partial charge on any atom is 0.311 e. The van der Waals surface area contributed by atoms with Crippen molar-refractivity contribution < 1.29 is 9.66 Å². The first-order chi connectivity index (χ1) is 9.52. The Labute approximate surface area is 122 Å². The summed E-state index contributed by atoms with van der Waals surface area (Å²) in [5.74, 6) is 1.10. The van der Waals surface area contributed by atoms with E-state index in [9.17, 15) is 10.1 Å². The average Bonchev–Trinajstić information content (AvgIpc) is 2.43. The van der Waals surface area contributed by atoms with E-state index >= 15 is 0 Å². The predicted octanol–water partition coefficient (Wildman–Crippen LogP) is 4.74. The molecular formula is C15H14ClNO3. The first-order valence-corrected chi connectivity index (χ1v) is 6.63. The van der Waals surface area contributed by atoms with Crippen LogP contribution in [0.1, 0.15) is 16.7 Å². The number of nitro benzene ring substituents is 1. The molecule has 0 spiro atoms. The van der Waals surface area contributed by atoms with Crippen molar-refractivity contribution in [2.75, 3.05) is 0 Å². The fourth-order valence-corrected chi connectivity index (χ4v) is 2.11. The van der Waals surface area contributed by atoms with Gasteiger partial charge in [0, 0.05) is 11.9 Å². The van der Waals surface area contributed by atoms with Gasteiger partial charge < -0.3 is 4.74 Å². The van der Waals surface area contributed by atoms with Crippen molar-refractivity contribution in [1.82, 2.24) is 0 Å². The lowest BCUT2D eigenvalue weighted by molar-refractivity contribution is -0.385. The summed E-state index contributed by atoms with van der Waals surface area (Å²) in [5.41, 5.74) is 2.47. The molecule has 0 saturated heterocycles. The zero-order valence-electron chi connectivity index (χ0n) is 11.2. The van der Waals surface area contributed by atoms with Crippen molar-refractivity contribution in [2.24, 2.45) is 0 Å². The van der Waals surface area contributed by atoms with Gasteiger partial charge in [0.25, 0.3) is 0 Å². The second-order valence-electron chi connectivity index (χ2n) is 4.52. The fraction of sp³-hybridized carbons (Fsp3) is 0.200. The van der Waals surface area contributed by atoms with Crippen LogP contribution < -0.4 is 4.74 Å². The van der Waals surface area contributed by atoms with Crippen molar-refractivity contribution in [3.8, 4) is 11.5 Å². The molecule has 0 radical (unpaired) electrons. The van der Waals surface area contributed by atoms with Gasteiger partial charge in [-0.1, -0.05) is 24.3 Å². The van der Waals surface area contributed by atoms with Crippen molar-refractivity contribution in [2.45, 2.75) is 19.7 Å². The van der Waals surface area contributed by atoms with Gasteiger partial charge in [-0.3, -0.25) is 10.1 Å². The van der Waals surface area contributed by atoms with Crippen LogP contribution in [0.5, 0.6) is 11.5 Å². The molecule has 0 unspecified atom stereocenters. The third-order valence-corrected chi connectivity index (χ3v) is 3.30. The third-order valence-electron chi connectivity index (χ3n) is 3.00. The number of ether oxygens (including phenoxy) is 1. The summed E-state index contributed by atoms with van der Waals surface area (Å²) >= 11 is 5.70. The molecule has 0 aromatic heterocycles. The summed E-state index contributed by atoms with van der Waals surface area (Å²) in [6.45, 7) is 3.81. The van der Waals surface area contributed by atoms with Crippen molar-refractivity contribution in [1.29, 1.82) is 0 Å². The van der Waals surface area contributed by atoms with Crippen LogP contribution in [0.15, 0.2) is 36.4 Å². The standard InChI is InChI=1S/C15H14ClNO3/c1-10-4-3-5-11(2)15(10)20-14-7-6-12(9-16)8-13(14)17(18)19/h3-8H,9H2,1-2H3. The SMILES string of the molecule is Cc1cccc(C)c1Oc1ccc(CCl)cc1[N+](=O)[O-]. The van der Waals surface area contributed by atoms with E-state index < -0.39 is 4.92 Å². The van der Waals surface area contributed by atoms with Gasteiger partial charge in [-0.25, -0.2) is 0 Å². The highest BCUT2D eigenvalue weighted by molar-refractivity contribution is 6.17. The molecule has 0 aliphatic rings. The van der Waals surface area contributed by atoms with Crippen molar-refractivity contribution in [3.05, 3.63) is 63.2 Å². The number of alkyl halides is 1. The average molecular weight is 292 g/mol. The summed E-state index contributed by atoms with van der Waals surface area (Å²) in [5, 5.41) is 11.1. The van der Waals surface area contributed by atoms with Crippen LogP contribution in [0.2, 0.25) is 0 Å². The molecule has 20 heavy (non-hydrogen) atoms. The van der Waals surface area contributed by atoms with E-state index in [0.29, 0.717) is 11.3 Å². The molecule has 0 aliphatic carbocycles. The number of nitro groups is 1. The van der Waals surface area contributed by atoms with Gasteiger partial charge in [-0.05, 0) is 36.6 Å². The maximum absolute atomic E-state index is 11.1.